The predicted molar refractivity (Wildman–Crippen MR) is 70.6 cm³/mol. The van der Waals surface area contributed by atoms with Crippen LogP contribution in [0.15, 0.2) is 12.1 Å². The van der Waals surface area contributed by atoms with Crippen molar-refractivity contribution < 1.29 is 9.59 Å². The van der Waals surface area contributed by atoms with Gasteiger partial charge in [0.05, 0.1) is 0 Å². The van der Waals surface area contributed by atoms with Crippen LogP contribution >= 0.6 is 11.6 Å². The minimum Gasteiger partial charge on any atom is -0.352 e. The Hall–Kier alpha value is -1.86. The lowest BCUT2D eigenvalue weighted by Crippen LogP contribution is -2.38. The third-order valence-electron chi connectivity index (χ3n) is 2.80. The van der Waals surface area contributed by atoms with Gasteiger partial charge in [-0.25, -0.2) is 10.8 Å². The molecule has 0 aromatic carbocycles. The van der Waals surface area contributed by atoms with Crippen LogP contribution in [0.5, 0.6) is 0 Å². The van der Waals surface area contributed by atoms with E-state index in [0.29, 0.717) is 24.3 Å². The average molecular weight is 284 g/mol. The molecule has 8 heteroatoms. The maximum absolute atomic E-state index is 11.9. The van der Waals surface area contributed by atoms with Gasteiger partial charge in [-0.15, -0.1) is 0 Å². The van der Waals surface area contributed by atoms with E-state index in [-0.39, 0.29) is 23.0 Å². The molecular weight excluding hydrogens is 270 g/mol. The first kappa shape index (κ1) is 13.6. The van der Waals surface area contributed by atoms with Crippen LogP contribution in [0.2, 0.25) is 5.15 Å². The quantitative estimate of drug-likeness (QED) is 0.354. The molecule has 1 aliphatic rings. The molecule has 5 N–H and O–H groups in total. The molecular formula is C11H14ClN5O2. The van der Waals surface area contributed by atoms with Gasteiger partial charge in [0.2, 0.25) is 5.91 Å². The van der Waals surface area contributed by atoms with Gasteiger partial charge in [-0.3, -0.25) is 9.59 Å². The Morgan fingerprint density at radius 3 is 3.00 bits per heavy atom. The Labute approximate surface area is 114 Å². The van der Waals surface area contributed by atoms with Crippen molar-refractivity contribution in [3.8, 4) is 0 Å². The monoisotopic (exact) mass is 283 g/mol. The first-order valence-corrected chi connectivity index (χ1v) is 6.18. The number of halogens is 1. The van der Waals surface area contributed by atoms with Crippen molar-refractivity contribution >= 4 is 29.2 Å². The van der Waals surface area contributed by atoms with E-state index in [4.69, 9.17) is 17.4 Å². The summed E-state index contributed by atoms with van der Waals surface area (Å²) in [4.78, 5) is 26.8. The van der Waals surface area contributed by atoms with Crippen LogP contribution in [0.4, 0.5) is 5.82 Å². The predicted octanol–water partition coefficient (Wildman–Crippen LogP) is 0.0290. The van der Waals surface area contributed by atoms with E-state index >= 15 is 0 Å². The molecule has 1 aromatic heterocycles. The normalized spacial score (nSPS) is 18.0. The van der Waals surface area contributed by atoms with Crippen molar-refractivity contribution in [1.82, 2.24) is 15.6 Å². The number of aromatic nitrogens is 1. The molecule has 7 nitrogen and oxygen atoms in total. The maximum Gasteiger partial charge on any atom is 0.251 e. The summed E-state index contributed by atoms with van der Waals surface area (Å²) in [6.45, 7) is 0.385. The van der Waals surface area contributed by atoms with Crippen LogP contribution in [0, 0.1) is 0 Å². The van der Waals surface area contributed by atoms with Crippen molar-refractivity contribution in [1.29, 1.82) is 0 Å². The van der Waals surface area contributed by atoms with Gasteiger partial charge >= 0.3 is 0 Å². The van der Waals surface area contributed by atoms with Gasteiger partial charge < -0.3 is 16.1 Å². The molecule has 1 unspecified atom stereocenters. The Morgan fingerprint density at radius 2 is 2.37 bits per heavy atom. The number of nitrogen functional groups attached to an aromatic ring is 1. The number of nitrogens with one attached hydrogen (secondary N) is 3. The highest BCUT2D eigenvalue weighted by atomic mass is 35.5. The van der Waals surface area contributed by atoms with E-state index in [9.17, 15) is 9.59 Å². The fourth-order valence-corrected chi connectivity index (χ4v) is 2.06. The molecule has 19 heavy (non-hydrogen) atoms. The first-order chi connectivity index (χ1) is 9.08. The summed E-state index contributed by atoms with van der Waals surface area (Å²) in [5.74, 6) is 5.26. The lowest BCUT2D eigenvalue weighted by Gasteiger charge is -2.11. The summed E-state index contributed by atoms with van der Waals surface area (Å²) in [5.41, 5.74) is 2.69. The van der Waals surface area contributed by atoms with Crippen molar-refractivity contribution in [3.05, 3.63) is 22.8 Å². The second-order valence-corrected chi connectivity index (χ2v) is 4.61. The van der Waals surface area contributed by atoms with E-state index in [2.05, 4.69) is 21.0 Å². The lowest BCUT2D eigenvalue weighted by molar-refractivity contribution is -0.119. The highest BCUT2D eigenvalue weighted by molar-refractivity contribution is 6.29. The molecule has 0 spiro atoms. The van der Waals surface area contributed by atoms with Crippen LogP contribution < -0.4 is 21.9 Å². The molecule has 0 bridgehead atoms. The van der Waals surface area contributed by atoms with Gasteiger partial charge in [0.15, 0.2) is 0 Å². The first-order valence-electron chi connectivity index (χ1n) is 5.80. The van der Waals surface area contributed by atoms with E-state index in [1.807, 2.05) is 0 Å². The fraction of sp³-hybridized carbons (Fsp3) is 0.364. The molecule has 1 aliphatic heterocycles. The van der Waals surface area contributed by atoms with Crippen molar-refractivity contribution in [2.24, 2.45) is 5.84 Å². The molecule has 1 aromatic rings. The van der Waals surface area contributed by atoms with Crippen LogP contribution in [0.3, 0.4) is 0 Å². The van der Waals surface area contributed by atoms with Gasteiger partial charge in [-0.1, -0.05) is 11.6 Å². The van der Waals surface area contributed by atoms with E-state index in [1.54, 1.807) is 0 Å². The number of carbonyl (C=O) groups excluding carboxylic acids is 2. The summed E-state index contributed by atoms with van der Waals surface area (Å²) in [6, 6.07) is 2.93. The number of hydrogen-bond donors (Lipinski definition) is 4. The minimum atomic E-state index is -0.290. The van der Waals surface area contributed by atoms with Gasteiger partial charge in [0, 0.05) is 24.6 Å². The van der Waals surface area contributed by atoms with Crippen LogP contribution in [0.1, 0.15) is 23.2 Å². The summed E-state index contributed by atoms with van der Waals surface area (Å²) in [6.07, 6.45) is 1.23. The number of amides is 2. The molecule has 0 radical (unpaired) electrons. The number of nitrogens with zero attached hydrogens (tertiary/aromatic N) is 1. The smallest absolute Gasteiger partial charge is 0.251 e. The zero-order valence-corrected chi connectivity index (χ0v) is 10.8. The van der Waals surface area contributed by atoms with Crippen LogP contribution in [-0.2, 0) is 4.79 Å². The minimum absolute atomic E-state index is 0.0131. The fourth-order valence-electron chi connectivity index (χ4n) is 1.85. The molecule has 0 aliphatic carbocycles. The number of carbonyl (C=O) groups is 2. The largest absolute Gasteiger partial charge is 0.352 e. The lowest BCUT2D eigenvalue weighted by atomic mass is 10.2. The van der Waals surface area contributed by atoms with Crippen molar-refractivity contribution in [3.63, 3.8) is 0 Å². The van der Waals surface area contributed by atoms with Gasteiger partial charge in [-0.05, 0) is 18.6 Å². The summed E-state index contributed by atoms with van der Waals surface area (Å²) in [5, 5.41) is 5.68. The number of hydrazine groups is 1. The standard InChI is InChI=1S/C11H14ClN5O2/c12-8-3-6(4-9(16-8)17-13)11(19)14-5-7-1-2-10(18)15-7/h3-4,7H,1-2,5,13H2,(H,14,19)(H,15,18)(H,16,17). The number of pyridine rings is 1. The topological polar surface area (TPSA) is 109 Å². The molecule has 2 rings (SSSR count). The molecule has 2 amide bonds. The molecule has 0 saturated carbocycles. The van der Waals surface area contributed by atoms with Gasteiger partial charge in [0.1, 0.15) is 11.0 Å². The van der Waals surface area contributed by atoms with Gasteiger partial charge in [-0.2, -0.15) is 0 Å². The molecule has 2 heterocycles. The Kier molecular flexibility index (Phi) is 4.18. The SMILES string of the molecule is NNc1cc(C(=O)NCC2CCC(=O)N2)cc(Cl)n1. The van der Waals surface area contributed by atoms with E-state index in [0.717, 1.165) is 6.42 Å². The number of rotatable bonds is 4. The Morgan fingerprint density at radius 1 is 1.58 bits per heavy atom. The third kappa shape index (κ3) is 3.55. The average Bonchev–Trinajstić information content (AvgIpc) is 2.81. The zero-order valence-electron chi connectivity index (χ0n) is 10.1. The summed E-state index contributed by atoms with van der Waals surface area (Å²) >= 11 is 5.78. The second-order valence-electron chi connectivity index (χ2n) is 4.22. The number of hydrogen-bond acceptors (Lipinski definition) is 5. The molecule has 1 saturated heterocycles. The Balaban J connectivity index is 1.96. The van der Waals surface area contributed by atoms with Crippen molar-refractivity contribution in [2.75, 3.05) is 12.0 Å². The second kappa shape index (κ2) is 5.85. The van der Waals surface area contributed by atoms with E-state index < -0.39 is 0 Å². The number of nitrogens with two attached hydrogens (primary N) is 1. The molecule has 1 fully saturated rings. The molecule has 102 valence electrons. The zero-order chi connectivity index (χ0) is 13.8. The van der Waals surface area contributed by atoms with Crippen LogP contribution in [0.25, 0.3) is 0 Å². The van der Waals surface area contributed by atoms with Crippen LogP contribution in [-0.4, -0.2) is 29.4 Å². The van der Waals surface area contributed by atoms with Gasteiger partial charge in [0.25, 0.3) is 5.91 Å². The third-order valence-corrected chi connectivity index (χ3v) is 2.99. The maximum atomic E-state index is 11.9. The summed E-state index contributed by atoms with van der Waals surface area (Å²) in [7, 11) is 0. The highest BCUT2D eigenvalue weighted by Crippen LogP contribution is 2.14. The van der Waals surface area contributed by atoms with E-state index in [1.165, 1.54) is 12.1 Å². The highest BCUT2D eigenvalue weighted by Gasteiger charge is 2.21. The molecule has 1 atom stereocenters. The van der Waals surface area contributed by atoms with Crippen molar-refractivity contribution in [2.45, 2.75) is 18.9 Å². The summed E-state index contributed by atoms with van der Waals surface area (Å²) < 4.78 is 0. The Bertz CT molecular complexity index is 508. The number of anilines is 1.